The first-order chi connectivity index (χ1) is 10.8. The number of methoxy groups -OCH3 is 1. The maximum absolute atomic E-state index is 13.5. The van der Waals surface area contributed by atoms with E-state index in [1.807, 2.05) is 6.92 Å². The number of aromatic nitrogens is 1. The van der Waals surface area contributed by atoms with Gasteiger partial charge in [0.15, 0.2) is 5.96 Å². The molecule has 1 heterocycles. The minimum absolute atomic E-state index is 0. The Morgan fingerprint density at radius 3 is 2.83 bits per heavy atom. The number of aliphatic imine (C=N–C) groups is 1. The standard InChI is InChI=1S/C15H25FN4O2.HI/c1-3-17-15(19-8-5-9-22-11-10-21-2)20-12-14-13(16)6-4-7-18-14;/h4,6-7H,3,5,8-12H2,1-2H3,(H2,17,19,20);1H. The van der Waals surface area contributed by atoms with Gasteiger partial charge in [-0.05, 0) is 25.5 Å². The van der Waals surface area contributed by atoms with Crippen molar-refractivity contribution >= 4 is 29.9 Å². The molecular formula is C15H26FIN4O2. The quantitative estimate of drug-likeness (QED) is 0.252. The van der Waals surface area contributed by atoms with Gasteiger partial charge in [-0.3, -0.25) is 4.98 Å². The summed E-state index contributed by atoms with van der Waals surface area (Å²) in [5.41, 5.74) is 0.336. The van der Waals surface area contributed by atoms with Gasteiger partial charge in [0.05, 0.1) is 25.5 Å². The van der Waals surface area contributed by atoms with E-state index >= 15 is 0 Å². The zero-order valence-electron chi connectivity index (χ0n) is 13.7. The van der Waals surface area contributed by atoms with Gasteiger partial charge in [0.1, 0.15) is 5.82 Å². The number of nitrogens with one attached hydrogen (secondary N) is 2. The van der Waals surface area contributed by atoms with E-state index in [0.29, 0.717) is 31.5 Å². The van der Waals surface area contributed by atoms with Crippen LogP contribution in [-0.2, 0) is 16.0 Å². The first-order valence-electron chi connectivity index (χ1n) is 7.46. The van der Waals surface area contributed by atoms with Crippen molar-refractivity contribution in [2.45, 2.75) is 19.9 Å². The molecule has 23 heavy (non-hydrogen) atoms. The fourth-order valence-electron chi connectivity index (χ4n) is 1.66. The van der Waals surface area contributed by atoms with Gasteiger partial charge >= 0.3 is 0 Å². The summed E-state index contributed by atoms with van der Waals surface area (Å²) < 4.78 is 23.8. The summed E-state index contributed by atoms with van der Waals surface area (Å²) >= 11 is 0. The summed E-state index contributed by atoms with van der Waals surface area (Å²) in [5, 5.41) is 6.29. The normalized spacial score (nSPS) is 11.0. The maximum atomic E-state index is 13.5. The lowest BCUT2D eigenvalue weighted by Crippen LogP contribution is -2.38. The Morgan fingerprint density at radius 2 is 2.13 bits per heavy atom. The molecule has 0 radical (unpaired) electrons. The smallest absolute Gasteiger partial charge is 0.191 e. The fourth-order valence-corrected chi connectivity index (χ4v) is 1.66. The summed E-state index contributed by atoms with van der Waals surface area (Å²) in [4.78, 5) is 8.30. The van der Waals surface area contributed by atoms with Crippen molar-refractivity contribution in [3.05, 3.63) is 29.8 Å². The summed E-state index contributed by atoms with van der Waals surface area (Å²) in [6.07, 6.45) is 2.41. The number of nitrogens with zero attached hydrogens (tertiary/aromatic N) is 2. The van der Waals surface area contributed by atoms with Crippen LogP contribution in [0.25, 0.3) is 0 Å². The van der Waals surface area contributed by atoms with Crippen LogP contribution in [0, 0.1) is 5.82 Å². The molecule has 0 aliphatic heterocycles. The topological polar surface area (TPSA) is 67.8 Å². The monoisotopic (exact) mass is 440 g/mol. The lowest BCUT2D eigenvalue weighted by molar-refractivity contribution is 0.0698. The van der Waals surface area contributed by atoms with Crippen molar-refractivity contribution in [3.8, 4) is 0 Å². The summed E-state index contributed by atoms with van der Waals surface area (Å²) in [6.45, 7) is 5.50. The maximum Gasteiger partial charge on any atom is 0.191 e. The highest BCUT2D eigenvalue weighted by Crippen LogP contribution is 2.03. The Kier molecular flexibility index (Phi) is 13.9. The Balaban J connectivity index is 0.00000484. The van der Waals surface area contributed by atoms with Crippen molar-refractivity contribution in [1.29, 1.82) is 0 Å². The molecule has 1 rings (SSSR count). The molecule has 2 N–H and O–H groups in total. The third-order valence-electron chi connectivity index (χ3n) is 2.76. The van der Waals surface area contributed by atoms with E-state index in [1.165, 1.54) is 6.07 Å². The van der Waals surface area contributed by atoms with Crippen molar-refractivity contribution in [2.24, 2.45) is 4.99 Å². The first-order valence-corrected chi connectivity index (χ1v) is 7.46. The van der Waals surface area contributed by atoms with Crippen LogP contribution in [0.15, 0.2) is 23.3 Å². The van der Waals surface area contributed by atoms with Crippen molar-refractivity contribution in [1.82, 2.24) is 15.6 Å². The van der Waals surface area contributed by atoms with Crippen LogP contribution in [0.3, 0.4) is 0 Å². The van der Waals surface area contributed by atoms with Crippen molar-refractivity contribution in [2.75, 3.05) is 40.0 Å². The minimum Gasteiger partial charge on any atom is -0.382 e. The highest BCUT2D eigenvalue weighted by atomic mass is 127. The molecule has 0 aromatic carbocycles. The highest BCUT2D eigenvalue weighted by Gasteiger charge is 2.02. The van der Waals surface area contributed by atoms with E-state index in [2.05, 4.69) is 20.6 Å². The van der Waals surface area contributed by atoms with Crippen molar-refractivity contribution < 1.29 is 13.9 Å². The number of guanidine groups is 1. The van der Waals surface area contributed by atoms with Crippen LogP contribution in [-0.4, -0.2) is 51.0 Å². The van der Waals surface area contributed by atoms with E-state index in [4.69, 9.17) is 9.47 Å². The zero-order valence-corrected chi connectivity index (χ0v) is 16.0. The van der Waals surface area contributed by atoms with E-state index in [1.54, 1.807) is 19.4 Å². The van der Waals surface area contributed by atoms with Crippen LogP contribution >= 0.6 is 24.0 Å². The van der Waals surface area contributed by atoms with Crippen LogP contribution in [0.2, 0.25) is 0 Å². The van der Waals surface area contributed by atoms with Crippen LogP contribution < -0.4 is 10.6 Å². The lowest BCUT2D eigenvalue weighted by atomic mass is 10.3. The second kappa shape index (κ2) is 14.6. The summed E-state index contributed by atoms with van der Waals surface area (Å²) in [5.74, 6) is 0.304. The number of hydrogen-bond donors (Lipinski definition) is 2. The molecule has 6 nitrogen and oxygen atoms in total. The van der Waals surface area contributed by atoms with Gasteiger partial charge in [-0.25, -0.2) is 9.38 Å². The van der Waals surface area contributed by atoms with Gasteiger partial charge in [-0.15, -0.1) is 24.0 Å². The van der Waals surface area contributed by atoms with Crippen LogP contribution in [0.1, 0.15) is 19.0 Å². The zero-order chi connectivity index (χ0) is 16.0. The molecular weight excluding hydrogens is 414 g/mol. The minimum atomic E-state index is -0.339. The highest BCUT2D eigenvalue weighted by molar-refractivity contribution is 14.0. The molecule has 1 aromatic heterocycles. The van der Waals surface area contributed by atoms with Gasteiger partial charge in [-0.2, -0.15) is 0 Å². The Hall–Kier alpha value is -1.00. The van der Waals surface area contributed by atoms with Crippen LogP contribution in [0.4, 0.5) is 4.39 Å². The molecule has 132 valence electrons. The van der Waals surface area contributed by atoms with Gasteiger partial charge < -0.3 is 20.1 Å². The number of ether oxygens (including phenoxy) is 2. The molecule has 0 saturated heterocycles. The predicted octanol–water partition coefficient (Wildman–Crippen LogP) is 1.95. The predicted molar refractivity (Wildman–Crippen MR) is 99.7 cm³/mol. The van der Waals surface area contributed by atoms with Crippen LogP contribution in [0.5, 0.6) is 0 Å². The average Bonchev–Trinajstić information content (AvgIpc) is 2.53. The second-order valence-corrected chi connectivity index (χ2v) is 4.51. The van der Waals surface area contributed by atoms with Gasteiger partial charge in [0, 0.05) is 33.0 Å². The number of halogens is 2. The summed E-state index contributed by atoms with van der Waals surface area (Å²) in [6, 6.07) is 2.95. The van der Waals surface area contributed by atoms with E-state index < -0.39 is 0 Å². The molecule has 0 aliphatic rings. The first kappa shape index (κ1) is 22.0. The molecule has 0 bridgehead atoms. The third-order valence-corrected chi connectivity index (χ3v) is 2.76. The third kappa shape index (κ3) is 10.4. The molecule has 1 aromatic rings. The fraction of sp³-hybridized carbons (Fsp3) is 0.600. The number of hydrogen-bond acceptors (Lipinski definition) is 4. The van der Waals surface area contributed by atoms with E-state index in [9.17, 15) is 4.39 Å². The van der Waals surface area contributed by atoms with E-state index in [0.717, 1.165) is 19.5 Å². The molecule has 0 amide bonds. The van der Waals surface area contributed by atoms with Gasteiger partial charge in [-0.1, -0.05) is 0 Å². The van der Waals surface area contributed by atoms with Gasteiger partial charge in [0.2, 0.25) is 0 Å². The number of pyridine rings is 1. The molecule has 0 aliphatic carbocycles. The molecule has 8 heteroatoms. The van der Waals surface area contributed by atoms with Crippen molar-refractivity contribution in [3.63, 3.8) is 0 Å². The summed E-state index contributed by atoms with van der Waals surface area (Å²) in [7, 11) is 1.65. The SMILES string of the molecule is CCNC(=NCc1ncccc1F)NCCCOCCOC.I. The Labute approximate surface area is 154 Å². The lowest BCUT2D eigenvalue weighted by Gasteiger charge is -2.11. The van der Waals surface area contributed by atoms with E-state index in [-0.39, 0.29) is 36.3 Å². The Morgan fingerprint density at radius 1 is 1.30 bits per heavy atom. The molecule has 0 spiro atoms. The van der Waals surface area contributed by atoms with Gasteiger partial charge in [0.25, 0.3) is 0 Å². The molecule has 0 saturated carbocycles. The molecule has 0 fully saturated rings. The Bertz CT molecular complexity index is 449. The number of rotatable bonds is 10. The largest absolute Gasteiger partial charge is 0.382 e. The average molecular weight is 440 g/mol. The molecule has 0 unspecified atom stereocenters. The second-order valence-electron chi connectivity index (χ2n) is 4.51. The molecule has 0 atom stereocenters.